The first kappa shape index (κ1) is 16.2. The zero-order chi connectivity index (χ0) is 15.5. The maximum atomic E-state index is 11.6. The molecule has 2 rings (SSSR count). The molecule has 0 aromatic carbocycles. The minimum absolute atomic E-state index is 0.0429. The molecule has 1 aliphatic rings. The molecule has 1 aromatic rings. The second kappa shape index (κ2) is 6.75. The highest BCUT2D eigenvalue weighted by Crippen LogP contribution is 2.21. The Balaban J connectivity index is 2.00. The van der Waals surface area contributed by atoms with Gasteiger partial charge in [0.25, 0.3) is 0 Å². The molecule has 1 N–H and O–H groups in total. The van der Waals surface area contributed by atoms with Gasteiger partial charge in [-0.1, -0.05) is 19.9 Å². The number of nitrogens with one attached hydrogen (secondary N) is 1. The molecule has 1 atom stereocenters. The molecule has 1 fully saturated rings. The Hall–Kier alpha value is -1.14. The third-order valence-electron chi connectivity index (χ3n) is 3.77. The summed E-state index contributed by atoms with van der Waals surface area (Å²) in [6.45, 7) is 6.04. The van der Waals surface area contributed by atoms with Crippen molar-refractivity contribution < 1.29 is 8.42 Å². The van der Waals surface area contributed by atoms with Gasteiger partial charge in [0.15, 0.2) is 9.84 Å². The van der Waals surface area contributed by atoms with E-state index in [1.807, 2.05) is 30.1 Å². The van der Waals surface area contributed by atoms with Crippen LogP contribution in [0.15, 0.2) is 18.2 Å². The summed E-state index contributed by atoms with van der Waals surface area (Å²) in [5.74, 6) is 1.99. The van der Waals surface area contributed by atoms with Crippen LogP contribution in [0.1, 0.15) is 26.0 Å². The lowest BCUT2D eigenvalue weighted by molar-refractivity contribution is 0.548. The van der Waals surface area contributed by atoms with E-state index < -0.39 is 9.84 Å². The van der Waals surface area contributed by atoms with Gasteiger partial charge < -0.3 is 10.2 Å². The summed E-state index contributed by atoms with van der Waals surface area (Å²) in [4.78, 5) is 6.63. The SMILES string of the molecule is CC(C)CNCc1cccc(N(C)C2CCS(=O)(=O)C2)n1. The average molecular weight is 311 g/mol. The first-order chi connectivity index (χ1) is 9.87. The Morgan fingerprint density at radius 3 is 2.81 bits per heavy atom. The summed E-state index contributed by atoms with van der Waals surface area (Å²) in [6, 6.07) is 5.96. The highest BCUT2D eigenvalue weighted by atomic mass is 32.2. The summed E-state index contributed by atoms with van der Waals surface area (Å²) in [7, 11) is -0.934. The van der Waals surface area contributed by atoms with Gasteiger partial charge in [-0.3, -0.25) is 0 Å². The maximum absolute atomic E-state index is 11.6. The van der Waals surface area contributed by atoms with E-state index in [1.165, 1.54) is 0 Å². The van der Waals surface area contributed by atoms with Gasteiger partial charge in [-0.2, -0.15) is 0 Å². The van der Waals surface area contributed by atoms with E-state index in [9.17, 15) is 8.42 Å². The quantitative estimate of drug-likeness (QED) is 0.861. The third-order valence-corrected chi connectivity index (χ3v) is 5.52. The van der Waals surface area contributed by atoms with Crippen molar-refractivity contribution in [3.05, 3.63) is 23.9 Å². The zero-order valence-electron chi connectivity index (χ0n) is 13.0. The molecule has 1 aliphatic heterocycles. The molecule has 2 heterocycles. The van der Waals surface area contributed by atoms with Crippen LogP contribution in [0.25, 0.3) is 0 Å². The molecule has 21 heavy (non-hydrogen) atoms. The fourth-order valence-corrected chi connectivity index (χ4v) is 4.29. The van der Waals surface area contributed by atoms with E-state index >= 15 is 0 Å². The number of pyridine rings is 1. The van der Waals surface area contributed by atoms with Crippen LogP contribution in [0.5, 0.6) is 0 Å². The molecule has 0 radical (unpaired) electrons. The van der Waals surface area contributed by atoms with Crippen molar-refractivity contribution in [3.63, 3.8) is 0 Å². The largest absolute Gasteiger partial charge is 0.356 e. The van der Waals surface area contributed by atoms with Crippen LogP contribution in [0.4, 0.5) is 5.82 Å². The summed E-state index contributed by atoms with van der Waals surface area (Å²) in [5, 5.41) is 3.37. The molecule has 1 aromatic heterocycles. The molecule has 1 unspecified atom stereocenters. The smallest absolute Gasteiger partial charge is 0.152 e. The van der Waals surface area contributed by atoms with Crippen LogP contribution in [-0.2, 0) is 16.4 Å². The number of hydrogen-bond donors (Lipinski definition) is 1. The number of sulfone groups is 1. The Morgan fingerprint density at radius 2 is 2.19 bits per heavy atom. The van der Waals surface area contributed by atoms with E-state index in [0.717, 1.165) is 24.6 Å². The van der Waals surface area contributed by atoms with Gasteiger partial charge >= 0.3 is 0 Å². The standard InChI is InChI=1S/C15H25N3O2S/c1-12(2)9-16-10-13-5-4-6-15(17-13)18(3)14-7-8-21(19,20)11-14/h4-6,12,14,16H,7-11H2,1-3H3. The lowest BCUT2D eigenvalue weighted by Gasteiger charge is -2.24. The normalized spacial score (nSPS) is 20.9. The summed E-state index contributed by atoms with van der Waals surface area (Å²) < 4.78 is 23.2. The van der Waals surface area contributed by atoms with Crippen molar-refractivity contribution in [1.29, 1.82) is 0 Å². The van der Waals surface area contributed by atoms with Gasteiger partial charge in [-0.05, 0) is 31.0 Å². The van der Waals surface area contributed by atoms with E-state index in [0.29, 0.717) is 12.3 Å². The molecular formula is C15H25N3O2S. The molecule has 5 nitrogen and oxygen atoms in total. The second-order valence-corrected chi connectivity index (χ2v) is 8.41. The molecule has 118 valence electrons. The molecule has 0 spiro atoms. The van der Waals surface area contributed by atoms with Crippen LogP contribution < -0.4 is 10.2 Å². The minimum Gasteiger partial charge on any atom is -0.356 e. The highest BCUT2D eigenvalue weighted by molar-refractivity contribution is 7.91. The van der Waals surface area contributed by atoms with Gasteiger partial charge in [0.1, 0.15) is 5.82 Å². The van der Waals surface area contributed by atoms with Gasteiger partial charge in [0, 0.05) is 19.6 Å². The van der Waals surface area contributed by atoms with Gasteiger partial charge in [-0.25, -0.2) is 13.4 Å². The monoisotopic (exact) mass is 311 g/mol. The number of aromatic nitrogens is 1. The van der Waals surface area contributed by atoms with E-state index in [4.69, 9.17) is 0 Å². The zero-order valence-corrected chi connectivity index (χ0v) is 13.9. The molecule has 0 aliphatic carbocycles. The second-order valence-electron chi connectivity index (χ2n) is 6.18. The van der Waals surface area contributed by atoms with Gasteiger partial charge in [0.2, 0.25) is 0 Å². The maximum Gasteiger partial charge on any atom is 0.152 e. The predicted molar refractivity (Wildman–Crippen MR) is 86.2 cm³/mol. The number of rotatable bonds is 6. The van der Waals surface area contributed by atoms with Crippen molar-refractivity contribution >= 4 is 15.7 Å². The predicted octanol–water partition coefficient (Wildman–Crippen LogP) is 1.45. The van der Waals surface area contributed by atoms with Crippen LogP contribution >= 0.6 is 0 Å². The van der Waals surface area contributed by atoms with E-state index in [1.54, 1.807) is 0 Å². The third kappa shape index (κ3) is 4.68. The van der Waals surface area contributed by atoms with Gasteiger partial charge in [-0.15, -0.1) is 0 Å². The van der Waals surface area contributed by atoms with Crippen LogP contribution in [-0.4, -0.2) is 44.5 Å². The molecule has 1 saturated heterocycles. The molecular weight excluding hydrogens is 286 g/mol. The summed E-state index contributed by atoms with van der Waals surface area (Å²) in [6.07, 6.45) is 0.691. The first-order valence-corrected chi connectivity index (χ1v) is 9.29. The summed E-state index contributed by atoms with van der Waals surface area (Å²) >= 11 is 0. The van der Waals surface area contributed by atoms with Crippen LogP contribution in [0.2, 0.25) is 0 Å². The fourth-order valence-electron chi connectivity index (χ4n) is 2.52. The van der Waals surface area contributed by atoms with Crippen molar-refractivity contribution in [2.24, 2.45) is 5.92 Å². The molecule has 6 heteroatoms. The fraction of sp³-hybridized carbons (Fsp3) is 0.667. The van der Waals surface area contributed by atoms with Gasteiger partial charge in [0.05, 0.1) is 17.2 Å². The Morgan fingerprint density at radius 1 is 1.43 bits per heavy atom. The molecule has 0 amide bonds. The van der Waals surface area contributed by atoms with Crippen molar-refractivity contribution in [2.75, 3.05) is 30.0 Å². The summed E-state index contributed by atoms with van der Waals surface area (Å²) in [5.41, 5.74) is 0.987. The highest BCUT2D eigenvalue weighted by Gasteiger charge is 2.31. The lowest BCUT2D eigenvalue weighted by atomic mass is 10.2. The molecule has 0 saturated carbocycles. The van der Waals surface area contributed by atoms with E-state index in [-0.39, 0.29) is 17.5 Å². The van der Waals surface area contributed by atoms with Crippen molar-refractivity contribution in [2.45, 2.75) is 32.9 Å². The number of anilines is 1. The van der Waals surface area contributed by atoms with E-state index in [2.05, 4.69) is 24.1 Å². The van der Waals surface area contributed by atoms with Crippen molar-refractivity contribution in [3.8, 4) is 0 Å². The number of hydrogen-bond acceptors (Lipinski definition) is 5. The Bertz CT molecular complexity index is 572. The molecule has 0 bridgehead atoms. The average Bonchev–Trinajstić information content (AvgIpc) is 2.78. The van der Waals surface area contributed by atoms with Crippen molar-refractivity contribution in [1.82, 2.24) is 10.3 Å². The Labute approximate surface area is 127 Å². The van der Waals surface area contributed by atoms with Crippen LogP contribution in [0.3, 0.4) is 0 Å². The minimum atomic E-state index is -2.86. The van der Waals surface area contributed by atoms with Crippen LogP contribution in [0, 0.1) is 5.92 Å². The first-order valence-electron chi connectivity index (χ1n) is 7.47. The number of nitrogens with zero attached hydrogens (tertiary/aromatic N) is 2. The topological polar surface area (TPSA) is 62.3 Å². The Kier molecular flexibility index (Phi) is 5.22. The lowest BCUT2D eigenvalue weighted by Crippen LogP contribution is -2.33.